The summed E-state index contributed by atoms with van der Waals surface area (Å²) in [6, 6.07) is 2.96. The molecule has 1 amide bonds. The number of aromatic nitrogens is 3. The van der Waals surface area contributed by atoms with E-state index in [4.69, 9.17) is 22.1 Å². The molecule has 39 heavy (non-hydrogen) atoms. The Bertz CT molecular complexity index is 1570. The van der Waals surface area contributed by atoms with Crippen LogP contribution in [0.5, 0.6) is 11.5 Å². The maximum absolute atomic E-state index is 15.3. The van der Waals surface area contributed by atoms with Crippen molar-refractivity contribution in [3.8, 4) is 22.6 Å². The molecular formula is C25H19ClF5N5O3. The van der Waals surface area contributed by atoms with Crippen LogP contribution >= 0.6 is 11.6 Å². The standard InChI is InChI=1S/C25H19ClF5N5O3/c26-15(9-37)25(38)35-4-3-11(7-35)36-8-14(19-23(32)33-10-34-24(19)36)13-2-1-12(5-16(13)27)39-22-20(30)17(28)6-18(29)21(22)31/h1-2,5-6,8,10-11,15,37H,3-4,7,9H2,(H2,32,33,34). The molecule has 8 nitrogen and oxygen atoms in total. The molecule has 0 bridgehead atoms. The van der Waals surface area contributed by atoms with Gasteiger partial charge in [0.25, 0.3) is 0 Å². The van der Waals surface area contributed by atoms with Gasteiger partial charge in [0.05, 0.1) is 18.0 Å². The Labute approximate surface area is 222 Å². The second-order valence-corrected chi connectivity index (χ2v) is 9.35. The van der Waals surface area contributed by atoms with Crippen LogP contribution in [0.3, 0.4) is 0 Å². The Morgan fingerprint density at radius 2 is 1.82 bits per heavy atom. The van der Waals surface area contributed by atoms with E-state index in [1.807, 2.05) is 0 Å². The van der Waals surface area contributed by atoms with E-state index in [1.54, 1.807) is 10.8 Å². The fraction of sp³-hybridized carbons (Fsp3) is 0.240. The number of carbonyl (C=O) groups is 1. The Kier molecular flexibility index (Phi) is 7.03. The van der Waals surface area contributed by atoms with Gasteiger partial charge in [-0.1, -0.05) is 0 Å². The number of nitrogens with zero attached hydrogens (tertiary/aromatic N) is 4. The molecule has 5 rings (SSSR count). The van der Waals surface area contributed by atoms with Crippen LogP contribution in [0.4, 0.5) is 27.8 Å². The number of amides is 1. The minimum absolute atomic E-state index is 0.00555. The quantitative estimate of drug-likeness (QED) is 0.201. The van der Waals surface area contributed by atoms with Gasteiger partial charge in [-0.15, -0.1) is 11.6 Å². The van der Waals surface area contributed by atoms with E-state index < -0.39 is 58.5 Å². The van der Waals surface area contributed by atoms with Crippen LogP contribution in [0.1, 0.15) is 12.5 Å². The molecule has 4 aromatic rings. The van der Waals surface area contributed by atoms with Crippen molar-refractivity contribution in [2.45, 2.75) is 17.8 Å². The zero-order valence-corrected chi connectivity index (χ0v) is 20.6. The first kappa shape index (κ1) is 26.6. The second kappa shape index (κ2) is 10.3. The summed E-state index contributed by atoms with van der Waals surface area (Å²) in [6.45, 7) is 0.122. The molecule has 1 aliphatic rings. The number of nitrogens with two attached hydrogens (primary N) is 1. The number of ether oxygens (including phenoxy) is 1. The van der Waals surface area contributed by atoms with Gasteiger partial charge in [-0.25, -0.2) is 23.1 Å². The molecule has 1 saturated heterocycles. The van der Waals surface area contributed by atoms with E-state index in [0.29, 0.717) is 24.0 Å². The van der Waals surface area contributed by atoms with Crippen molar-refractivity contribution < 1.29 is 36.6 Å². The summed E-state index contributed by atoms with van der Waals surface area (Å²) in [4.78, 5) is 22.2. The molecule has 0 spiro atoms. The van der Waals surface area contributed by atoms with Crippen LogP contribution in [0.25, 0.3) is 22.2 Å². The van der Waals surface area contributed by atoms with E-state index in [2.05, 4.69) is 9.97 Å². The average Bonchev–Trinajstić information content (AvgIpc) is 3.55. The van der Waals surface area contributed by atoms with E-state index in [1.165, 1.54) is 17.3 Å². The third-order valence-electron chi connectivity index (χ3n) is 6.46. The van der Waals surface area contributed by atoms with Crippen LogP contribution in [0.15, 0.2) is 36.8 Å². The number of likely N-dealkylation sites (tertiary alicyclic amines) is 1. The first-order valence-electron chi connectivity index (χ1n) is 11.6. The second-order valence-electron chi connectivity index (χ2n) is 8.83. The molecule has 1 fully saturated rings. The summed E-state index contributed by atoms with van der Waals surface area (Å²) >= 11 is 5.89. The van der Waals surface area contributed by atoms with E-state index in [0.717, 1.165) is 12.1 Å². The predicted molar refractivity (Wildman–Crippen MR) is 131 cm³/mol. The summed E-state index contributed by atoms with van der Waals surface area (Å²) in [7, 11) is 0. The molecule has 1 aliphatic heterocycles. The molecule has 204 valence electrons. The molecule has 2 unspecified atom stereocenters. The maximum Gasteiger partial charge on any atom is 0.243 e. The molecular weight excluding hydrogens is 549 g/mol. The predicted octanol–water partition coefficient (Wildman–Crippen LogP) is 4.54. The zero-order valence-electron chi connectivity index (χ0n) is 19.8. The van der Waals surface area contributed by atoms with Gasteiger partial charge in [0, 0.05) is 42.5 Å². The summed E-state index contributed by atoms with van der Waals surface area (Å²) in [5.74, 6) is -9.91. The number of nitrogen functional groups attached to an aromatic ring is 1. The molecule has 2 aromatic heterocycles. The number of benzene rings is 2. The third-order valence-corrected chi connectivity index (χ3v) is 6.78. The monoisotopic (exact) mass is 567 g/mol. The lowest BCUT2D eigenvalue weighted by atomic mass is 10.1. The molecule has 3 N–H and O–H groups in total. The number of aliphatic hydroxyl groups excluding tert-OH is 1. The SMILES string of the molecule is Nc1ncnc2c1c(-c1ccc(Oc3c(F)c(F)cc(F)c3F)cc1F)cn2C1CCN(C(=O)C(Cl)CO)C1. The number of rotatable bonds is 6. The fourth-order valence-corrected chi connectivity index (χ4v) is 4.71. The Morgan fingerprint density at radius 1 is 1.10 bits per heavy atom. The molecule has 2 aromatic carbocycles. The molecule has 0 aliphatic carbocycles. The zero-order chi connectivity index (χ0) is 28.0. The van der Waals surface area contributed by atoms with Crippen LogP contribution < -0.4 is 10.5 Å². The minimum atomic E-state index is -1.77. The minimum Gasteiger partial charge on any atom is -0.451 e. The van der Waals surface area contributed by atoms with Gasteiger partial charge >= 0.3 is 0 Å². The van der Waals surface area contributed by atoms with Crippen molar-refractivity contribution in [2.24, 2.45) is 0 Å². The Hall–Kier alpha value is -3.97. The Balaban J connectivity index is 1.51. The van der Waals surface area contributed by atoms with Crippen molar-refractivity contribution in [1.82, 2.24) is 19.4 Å². The van der Waals surface area contributed by atoms with Crippen molar-refractivity contribution in [3.63, 3.8) is 0 Å². The van der Waals surface area contributed by atoms with Gasteiger partial charge in [-0.2, -0.15) is 8.78 Å². The molecule has 3 heterocycles. The lowest BCUT2D eigenvalue weighted by molar-refractivity contribution is -0.130. The number of fused-ring (bicyclic) bond motifs is 1. The summed E-state index contributed by atoms with van der Waals surface area (Å²) in [6.07, 6.45) is 3.36. The van der Waals surface area contributed by atoms with Crippen LogP contribution in [0.2, 0.25) is 0 Å². The highest BCUT2D eigenvalue weighted by Gasteiger charge is 2.32. The van der Waals surface area contributed by atoms with Crippen LogP contribution in [-0.2, 0) is 4.79 Å². The van der Waals surface area contributed by atoms with E-state index >= 15 is 4.39 Å². The lowest BCUT2D eigenvalue weighted by Crippen LogP contribution is -2.36. The first-order chi connectivity index (χ1) is 18.6. The summed E-state index contributed by atoms with van der Waals surface area (Å²) in [5.41, 5.74) is 6.78. The highest BCUT2D eigenvalue weighted by atomic mass is 35.5. The van der Waals surface area contributed by atoms with Gasteiger partial charge in [-0.3, -0.25) is 4.79 Å². The first-order valence-corrected chi connectivity index (χ1v) is 12.0. The smallest absolute Gasteiger partial charge is 0.243 e. The highest BCUT2D eigenvalue weighted by Crippen LogP contribution is 2.39. The molecule has 0 radical (unpaired) electrons. The average molecular weight is 568 g/mol. The normalized spacial score (nSPS) is 16.2. The van der Waals surface area contributed by atoms with Crippen molar-refractivity contribution in [2.75, 3.05) is 25.4 Å². The molecule has 14 heteroatoms. The van der Waals surface area contributed by atoms with Gasteiger partial charge in [0.1, 0.15) is 34.7 Å². The van der Waals surface area contributed by atoms with Crippen molar-refractivity contribution in [1.29, 1.82) is 0 Å². The number of aliphatic hydroxyl groups is 1. The third kappa shape index (κ3) is 4.72. The lowest BCUT2D eigenvalue weighted by Gasteiger charge is -2.19. The number of alkyl halides is 1. The van der Waals surface area contributed by atoms with Crippen molar-refractivity contribution in [3.05, 3.63) is 65.9 Å². The van der Waals surface area contributed by atoms with Crippen LogP contribution in [0, 0.1) is 29.1 Å². The van der Waals surface area contributed by atoms with Crippen molar-refractivity contribution >= 4 is 34.4 Å². The number of hydrogen-bond acceptors (Lipinski definition) is 6. The fourth-order valence-electron chi connectivity index (χ4n) is 4.57. The van der Waals surface area contributed by atoms with Gasteiger partial charge in [-0.05, 0) is 18.6 Å². The number of halogens is 6. The van der Waals surface area contributed by atoms with Gasteiger partial charge in [0.2, 0.25) is 23.3 Å². The van der Waals surface area contributed by atoms with Crippen LogP contribution in [-0.4, -0.2) is 55.5 Å². The largest absolute Gasteiger partial charge is 0.451 e. The number of anilines is 1. The highest BCUT2D eigenvalue weighted by molar-refractivity contribution is 6.30. The summed E-state index contributed by atoms with van der Waals surface area (Å²) < 4.78 is 77.1. The molecule has 0 saturated carbocycles. The maximum atomic E-state index is 15.3. The topological polar surface area (TPSA) is 107 Å². The van der Waals surface area contributed by atoms with E-state index in [-0.39, 0.29) is 35.6 Å². The van der Waals surface area contributed by atoms with E-state index in [9.17, 15) is 27.5 Å². The summed E-state index contributed by atoms with van der Waals surface area (Å²) in [5, 5.41) is 8.45. The van der Waals surface area contributed by atoms with Gasteiger partial charge in [0.15, 0.2) is 11.6 Å². The number of carbonyl (C=O) groups excluding carboxylic acids is 1. The number of hydrogen-bond donors (Lipinski definition) is 2. The molecule has 2 atom stereocenters. The van der Waals surface area contributed by atoms with Gasteiger partial charge < -0.3 is 25.0 Å². The Morgan fingerprint density at radius 3 is 2.49 bits per heavy atom.